The standard InChI is InChI=1S/C28H28ClN5O/c29-21-7-5-8-22(19-21)34-17-15-33(16-18-34)14-6-13-31-28(35)24-20-27(26-11-3-4-12-30-26)32-25-10-2-1-9-23(24)25/h1-5,7-12,19-20H,6,13-18H2,(H,31,35). The van der Waals surface area contributed by atoms with Gasteiger partial charge in [0.2, 0.25) is 0 Å². The number of para-hydroxylation sites is 1. The predicted octanol–water partition coefficient (Wildman–Crippen LogP) is 4.89. The smallest absolute Gasteiger partial charge is 0.252 e. The average molecular weight is 486 g/mol. The molecule has 1 amide bonds. The first-order valence-electron chi connectivity index (χ1n) is 12.0. The van der Waals surface area contributed by atoms with Crippen molar-refractivity contribution in [1.29, 1.82) is 0 Å². The molecule has 7 heteroatoms. The Morgan fingerprint density at radius 2 is 1.74 bits per heavy atom. The maximum atomic E-state index is 13.1. The van der Waals surface area contributed by atoms with Gasteiger partial charge in [-0.2, -0.15) is 0 Å². The molecule has 3 heterocycles. The molecule has 0 radical (unpaired) electrons. The van der Waals surface area contributed by atoms with Crippen molar-refractivity contribution in [3.05, 3.63) is 89.6 Å². The molecular weight excluding hydrogens is 458 g/mol. The fraction of sp³-hybridized carbons (Fsp3) is 0.250. The van der Waals surface area contributed by atoms with Crippen molar-refractivity contribution >= 4 is 34.1 Å². The molecule has 1 fully saturated rings. The minimum absolute atomic E-state index is 0.0773. The summed E-state index contributed by atoms with van der Waals surface area (Å²) in [6.07, 6.45) is 2.64. The Morgan fingerprint density at radius 1 is 0.914 bits per heavy atom. The number of piperazine rings is 1. The number of nitrogens with one attached hydrogen (secondary N) is 1. The molecule has 0 bridgehead atoms. The number of hydrogen-bond acceptors (Lipinski definition) is 5. The van der Waals surface area contributed by atoms with Crippen LogP contribution in [0.5, 0.6) is 0 Å². The second-order valence-electron chi connectivity index (χ2n) is 8.71. The number of anilines is 1. The molecule has 1 saturated heterocycles. The van der Waals surface area contributed by atoms with E-state index in [9.17, 15) is 4.79 Å². The SMILES string of the molecule is O=C(NCCCN1CCN(c2cccc(Cl)c2)CC1)c1cc(-c2ccccn2)nc2ccccc12. The third-order valence-corrected chi connectivity index (χ3v) is 6.61. The minimum atomic E-state index is -0.0773. The molecule has 178 valence electrons. The summed E-state index contributed by atoms with van der Waals surface area (Å²) in [7, 11) is 0. The minimum Gasteiger partial charge on any atom is -0.369 e. The first-order valence-corrected chi connectivity index (χ1v) is 12.4. The maximum absolute atomic E-state index is 13.1. The number of pyridine rings is 2. The summed E-state index contributed by atoms with van der Waals surface area (Å²) in [6, 6.07) is 23.3. The van der Waals surface area contributed by atoms with E-state index in [4.69, 9.17) is 16.6 Å². The lowest BCUT2D eigenvalue weighted by Gasteiger charge is -2.36. The zero-order valence-corrected chi connectivity index (χ0v) is 20.3. The number of halogens is 1. The lowest BCUT2D eigenvalue weighted by molar-refractivity contribution is 0.0953. The zero-order chi connectivity index (χ0) is 24.0. The highest BCUT2D eigenvalue weighted by Gasteiger charge is 2.18. The van der Waals surface area contributed by atoms with Gasteiger partial charge in [0, 0.05) is 55.0 Å². The van der Waals surface area contributed by atoms with E-state index < -0.39 is 0 Å². The highest BCUT2D eigenvalue weighted by Crippen LogP contribution is 2.24. The van der Waals surface area contributed by atoms with Crippen LogP contribution in [0.3, 0.4) is 0 Å². The van der Waals surface area contributed by atoms with Gasteiger partial charge in [-0.15, -0.1) is 0 Å². The van der Waals surface area contributed by atoms with Gasteiger partial charge in [0.05, 0.1) is 22.5 Å². The number of aromatic nitrogens is 2. The molecule has 2 aromatic heterocycles. The van der Waals surface area contributed by atoms with Crippen molar-refractivity contribution in [3.8, 4) is 11.4 Å². The topological polar surface area (TPSA) is 61.4 Å². The molecule has 35 heavy (non-hydrogen) atoms. The van der Waals surface area contributed by atoms with Gasteiger partial charge in [-0.25, -0.2) is 4.98 Å². The summed E-state index contributed by atoms with van der Waals surface area (Å²) in [4.78, 5) is 27.1. The molecule has 1 aliphatic rings. The van der Waals surface area contributed by atoms with Gasteiger partial charge in [-0.1, -0.05) is 41.9 Å². The number of hydrogen-bond donors (Lipinski definition) is 1. The van der Waals surface area contributed by atoms with Crippen molar-refractivity contribution in [3.63, 3.8) is 0 Å². The second kappa shape index (κ2) is 10.8. The van der Waals surface area contributed by atoms with Crippen LogP contribution in [-0.2, 0) is 0 Å². The Morgan fingerprint density at radius 3 is 2.54 bits per heavy atom. The number of carbonyl (C=O) groups is 1. The molecule has 5 rings (SSSR count). The van der Waals surface area contributed by atoms with Crippen LogP contribution < -0.4 is 10.2 Å². The quantitative estimate of drug-likeness (QED) is 0.377. The molecule has 0 aliphatic carbocycles. The molecule has 2 aromatic carbocycles. The van der Waals surface area contributed by atoms with Gasteiger partial charge in [0.15, 0.2) is 0 Å². The van der Waals surface area contributed by atoms with Gasteiger partial charge in [-0.05, 0) is 55.4 Å². The zero-order valence-electron chi connectivity index (χ0n) is 19.5. The fourth-order valence-electron chi connectivity index (χ4n) is 4.51. The van der Waals surface area contributed by atoms with E-state index in [1.807, 2.05) is 66.7 Å². The fourth-order valence-corrected chi connectivity index (χ4v) is 4.70. The molecule has 6 nitrogen and oxygen atoms in total. The van der Waals surface area contributed by atoms with Crippen LogP contribution in [0.1, 0.15) is 16.8 Å². The third kappa shape index (κ3) is 5.61. The van der Waals surface area contributed by atoms with Gasteiger partial charge in [0.25, 0.3) is 5.91 Å². The Bertz CT molecular complexity index is 1310. The van der Waals surface area contributed by atoms with E-state index >= 15 is 0 Å². The van der Waals surface area contributed by atoms with E-state index in [1.165, 1.54) is 5.69 Å². The van der Waals surface area contributed by atoms with Crippen LogP contribution in [0.25, 0.3) is 22.3 Å². The van der Waals surface area contributed by atoms with Crippen LogP contribution in [-0.4, -0.2) is 60.0 Å². The summed E-state index contributed by atoms with van der Waals surface area (Å²) in [6.45, 7) is 5.55. The lowest BCUT2D eigenvalue weighted by atomic mass is 10.1. The van der Waals surface area contributed by atoms with Crippen molar-refractivity contribution in [2.45, 2.75) is 6.42 Å². The Hall–Kier alpha value is -3.48. The second-order valence-corrected chi connectivity index (χ2v) is 9.14. The lowest BCUT2D eigenvalue weighted by Crippen LogP contribution is -2.47. The van der Waals surface area contributed by atoms with Gasteiger partial charge < -0.3 is 10.2 Å². The van der Waals surface area contributed by atoms with Crippen LogP contribution in [0.4, 0.5) is 5.69 Å². The number of carbonyl (C=O) groups excluding carboxylic acids is 1. The van der Waals surface area contributed by atoms with Crippen molar-refractivity contribution in [2.24, 2.45) is 0 Å². The molecule has 0 atom stereocenters. The van der Waals surface area contributed by atoms with Gasteiger partial charge in [0.1, 0.15) is 0 Å². The van der Waals surface area contributed by atoms with Crippen molar-refractivity contribution in [1.82, 2.24) is 20.2 Å². The number of rotatable bonds is 7. The first-order chi connectivity index (χ1) is 17.2. The molecular formula is C28H28ClN5O. The van der Waals surface area contributed by atoms with Gasteiger partial charge in [-0.3, -0.25) is 14.7 Å². The summed E-state index contributed by atoms with van der Waals surface area (Å²) in [5.41, 5.74) is 4.06. The summed E-state index contributed by atoms with van der Waals surface area (Å²) < 4.78 is 0. The van der Waals surface area contributed by atoms with Crippen LogP contribution in [0.15, 0.2) is 79.0 Å². The molecule has 1 N–H and O–H groups in total. The number of benzene rings is 2. The Kier molecular flexibility index (Phi) is 7.21. The number of fused-ring (bicyclic) bond motifs is 1. The Balaban J connectivity index is 1.16. The van der Waals surface area contributed by atoms with E-state index in [0.29, 0.717) is 17.8 Å². The largest absolute Gasteiger partial charge is 0.369 e. The highest BCUT2D eigenvalue weighted by atomic mass is 35.5. The first kappa shape index (κ1) is 23.3. The molecule has 0 unspecified atom stereocenters. The predicted molar refractivity (Wildman–Crippen MR) is 142 cm³/mol. The average Bonchev–Trinajstić information content (AvgIpc) is 2.91. The van der Waals surface area contributed by atoms with Gasteiger partial charge >= 0.3 is 0 Å². The van der Waals surface area contributed by atoms with E-state index in [1.54, 1.807) is 6.20 Å². The third-order valence-electron chi connectivity index (χ3n) is 6.37. The summed E-state index contributed by atoms with van der Waals surface area (Å²) in [5, 5.41) is 4.73. The number of amides is 1. The molecule has 0 spiro atoms. The van der Waals surface area contributed by atoms with E-state index in [-0.39, 0.29) is 5.91 Å². The monoisotopic (exact) mass is 485 g/mol. The maximum Gasteiger partial charge on any atom is 0.252 e. The molecule has 4 aromatic rings. The van der Waals surface area contributed by atoms with E-state index in [0.717, 1.165) is 60.8 Å². The Labute approximate surface area is 210 Å². The summed E-state index contributed by atoms with van der Waals surface area (Å²) in [5.74, 6) is -0.0773. The van der Waals surface area contributed by atoms with Crippen LogP contribution in [0, 0.1) is 0 Å². The number of nitrogens with zero attached hydrogens (tertiary/aromatic N) is 4. The molecule has 0 saturated carbocycles. The normalized spacial score (nSPS) is 14.3. The molecule has 1 aliphatic heterocycles. The summed E-state index contributed by atoms with van der Waals surface area (Å²) >= 11 is 6.14. The van der Waals surface area contributed by atoms with Crippen molar-refractivity contribution in [2.75, 3.05) is 44.2 Å². The van der Waals surface area contributed by atoms with Crippen LogP contribution >= 0.6 is 11.6 Å². The van der Waals surface area contributed by atoms with Crippen LogP contribution in [0.2, 0.25) is 5.02 Å². The van der Waals surface area contributed by atoms with E-state index in [2.05, 4.69) is 26.2 Å². The highest BCUT2D eigenvalue weighted by molar-refractivity contribution is 6.30. The van der Waals surface area contributed by atoms with Crippen molar-refractivity contribution < 1.29 is 4.79 Å².